The van der Waals surface area contributed by atoms with Crippen molar-refractivity contribution in [3.63, 3.8) is 0 Å². The monoisotopic (exact) mass is 347 g/mol. The number of carbonyl (C=O) groups excluding carboxylic acids is 1. The maximum Gasteiger partial charge on any atom is 0.239 e. The zero-order valence-electron chi connectivity index (χ0n) is 15.5. The van der Waals surface area contributed by atoms with E-state index in [9.17, 15) is 9.18 Å². The first kappa shape index (κ1) is 18.3. The van der Waals surface area contributed by atoms with Crippen molar-refractivity contribution in [1.29, 1.82) is 0 Å². The second-order valence-electron chi connectivity index (χ2n) is 7.50. The molecule has 2 heterocycles. The summed E-state index contributed by atoms with van der Waals surface area (Å²) in [5, 5.41) is 0. The summed E-state index contributed by atoms with van der Waals surface area (Å²) in [6.45, 7) is 10.9. The summed E-state index contributed by atoms with van der Waals surface area (Å²) in [5.41, 5.74) is 1.18. The van der Waals surface area contributed by atoms with Crippen LogP contribution in [0, 0.1) is 5.82 Å². The van der Waals surface area contributed by atoms with Crippen molar-refractivity contribution < 1.29 is 9.18 Å². The molecule has 2 fully saturated rings. The molecule has 0 radical (unpaired) electrons. The van der Waals surface area contributed by atoms with Gasteiger partial charge in [-0.1, -0.05) is 19.1 Å². The van der Waals surface area contributed by atoms with Crippen molar-refractivity contribution in [1.82, 2.24) is 14.7 Å². The van der Waals surface area contributed by atoms with Gasteiger partial charge in [0.2, 0.25) is 5.91 Å². The molecule has 0 aliphatic carbocycles. The number of hydrogen-bond acceptors (Lipinski definition) is 3. The number of nitrogens with zero attached hydrogens (tertiary/aromatic N) is 3. The van der Waals surface area contributed by atoms with Crippen LogP contribution in [-0.4, -0.2) is 72.5 Å². The summed E-state index contributed by atoms with van der Waals surface area (Å²) < 4.78 is 13.1. The van der Waals surface area contributed by atoms with E-state index < -0.39 is 0 Å². The number of halogens is 1. The third-order valence-electron chi connectivity index (χ3n) is 5.70. The van der Waals surface area contributed by atoms with E-state index in [1.165, 1.54) is 17.7 Å². The molecule has 4 nitrogen and oxygen atoms in total. The summed E-state index contributed by atoms with van der Waals surface area (Å²) in [4.78, 5) is 19.4. The van der Waals surface area contributed by atoms with Crippen LogP contribution in [0.1, 0.15) is 38.2 Å². The predicted molar refractivity (Wildman–Crippen MR) is 98.1 cm³/mol. The molecule has 0 aromatic heterocycles. The van der Waals surface area contributed by atoms with Gasteiger partial charge in [-0.3, -0.25) is 9.69 Å². The molecule has 1 amide bonds. The molecule has 138 valence electrons. The summed E-state index contributed by atoms with van der Waals surface area (Å²) in [7, 11) is 0. The Kier molecular flexibility index (Phi) is 6.07. The van der Waals surface area contributed by atoms with Crippen LogP contribution in [-0.2, 0) is 4.79 Å². The van der Waals surface area contributed by atoms with Crippen LogP contribution in [0.3, 0.4) is 0 Å². The minimum atomic E-state index is -0.179. The molecule has 0 bridgehead atoms. The van der Waals surface area contributed by atoms with E-state index in [-0.39, 0.29) is 11.9 Å². The molecule has 1 aromatic carbocycles. The SMILES string of the molecule is CC(CN1CCN(C(C)C(=O)N2CCCC2)CC1)c1ccc(F)cc1. The Labute approximate surface area is 150 Å². The largest absolute Gasteiger partial charge is 0.341 e. The molecule has 2 saturated heterocycles. The van der Waals surface area contributed by atoms with Gasteiger partial charge < -0.3 is 9.80 Å². The molecule has 1 aromatic rings. The lowest BCUT2D eigenvalue weighted by atomic mass is 10.0. The molecule has 3 rings (SSSR count). The Morgan fingerprint density at radius 1 is 1.00 bits per heavy atom. The van der Waals surface area contributed by atoms with E-state index in [1.807, 2.05) is 17.0 Å². The van der Waals surface area contributed by atoms with E-state index in [2.05, 4.69) is 23.6 Å². The van der Waals surface area contributed by atoms with Crippen molar-refractivity contribution >= 4 is 5.91 Å². The molecule has 25 heavy (non-hydrogen) atoms. The Balaban J connectivity index is 1.46. The molecule has 2 unspecified atom stereocenters. The average Bonchev–Trinajstić information content (AvgIpc) is 3.16. The lowest BCUT2D eigenvalue weighted by molar-refractivity contribution is -0.136. The minimum absolute atomic E-state index is 0.00484. The Hall–Kier alpha value is -1.46. The number of rotatable bonds is 5. The molecule has 0 saturated carbocycles. The van der Waals surface area contributed by atoms with E-state index in [1.54, 1.807) is 0 Å². The second kappa shape index (κ2) is 8.28. The van der Waals surface area contributed by atoms with Gasteiger partial charge in [0.25, 0.3) is 0 Å². The lowest BCUT2D eigenvalue weighted by Crippen LogP contribution is -2.54. The molecule has 5 heteroatoms. The molecule has 0 N–H and O–H groups in total. The lowest BCUT2D eigenvalue weighted by Gasteiger charge is -2.39. The maximum atomic E-state index is 13.1. The zero-order chi connectivity index (χ0) is 17.8. The second-order valence-corrected chi connectivity index (χ2v) is 7.50. The van der Waals surface area contributed by atoms with Gasteiger partial charge in [0.15, 0.2) is 0 Å². The zero-order valence-corrected chi connectivity index (χ0v) is 15.5. The highest BCUT2D eigenvalue weighted by atomic mass is 19.1. The molecule has 0 spiro atoms. The van der Waals surface area contributed by atoms with Gasteiger partial charge in [-0.05, 0) is 43.4 Å². The van der Waals surface area contributed by atoms with Crippen molar-refractivity contribution in [2.75, 3.05) is 45.8 Å². The number of benzene rings is 1. The van der Waals surface area contributed by atoms with Gasteiger partial charge in [-0.15, -0.1) is 0 Å². The van der Waals surface area contributed by atoms with E-state index >= 15 is 0 Å². The van der Waals surface area contributed by atoms with Crippen molar-refractivity contribution in [3.05, 3.63) is 35.6 Å². The van der Waals surface area contributed by atoms with Gasteiger partial charge in [-0.2, -0.15) is 0 Å². The van der Waals surface area contributed by atoms with Gasteiger partial charge in [0.1, 0.15) is 5.82 Å². The highest BCUT2D eigenvalue weighted by Crippen LogP contribution is 2.19. The number of carbonyl (C=O) groups is 1. The third-order valence-corrected chi connectivity index (χ3v) is 5.70. The van der Waals surface area contributed by atoms with E-state index in [0.717, 1.165) is 58.7 Å². The van der Waals surface area contributed by atoms with E-state index in [4.69, 9.17) is 0 Å². The van der Waals surface area contributed by atoms with Crippen LogP contribution < -0.4 is 0 Å². The van der Waals surface area contributed by atoms with Crippen LogP contribution >= 0.6 is 0 Å². The van der Waals surface area contributed by atoms with Crippen molar-refractivity contribution in [2.24, 2.45) is 0 Å². The fourth-order valence-corrected chi connectivity index (χ4v) is 3.98. The van der Waals surface area contributed by atoms with Crippen molar-refractivity contribution in [2.45, 2.75) is 38.6 Å². The summed E-state index contributed by atoms with van der Waals surface area (Å²) in [6.07, 6.45) is 2.29. The normalized spacial score (nSPS) is 22.1. The number of amides is 1. The van der Waals surface area contributed by atoms with E-state index in [0.29, 0.717) is 11.8 Å². The van der Waals surface area contributed by atoms with Crippen LogP contribution in [0.4, 0.5) is 4.39 Å². The van der Waals surface area contributed by atoms with Gasteiger partial charge in [0.05, 0.1) is 6.04 Å². The van der Waals surface area contributed by atoms with Gasteiger partial charge in [0, 0.05) is 45.8 Å². The first-order chi connectivity index (χ1) is 12.0. The predicted octanol–water partition coefficient (Wildman–Crippen LogP) is 2.56. The molecular formula is C20H30FN3O. The van der Waals surface area contributed by atoms with Crippen LogP contribution in [0.15, 0.2) is 24.3 Å². The quantitative estimate of drug-likeness (QED) is 0.819. The topological polar surface area (TPSA) is 26.8 Å². The highest BCUT2D eigenvalue weighted by molar-refractivity contribution is 5.81. The third kappa shape index (κ3) is 4.59. The van der Waals surface area contributed by atoms with Gasteiger partial charge in [-0.25, -0.2) is 4.39 Å². The maximum absolute atomic E-state index is 13.1. The van der Waals surface area contributed by atoms with Gasteiger partial charge >= 0.3 is 0 Å². The van der Waals surface area contributed by atoms with Crippen LogP contribution in [0.5, 0.6) is 0 Å². The smallest absolute Gasteiger partial charge is 0.239 e. The minimum Gasteiger partial charge on any atom is -0.341 e. The Morgan fingerprint density at radius 3 is 2.20 bits per heavy atom. The number of piperazine rings is 1. The molecular weight excluding hydrogens is 317 g/mol. The fourth-order valence-electron chi connectivity index (χ4n) is 3.98. The van der Waals surface area contributed by atoms with Crippen molar-refractivity contribution in [3.8, 4) is 0 Å². The Bertz CT molecular complexity index is 563. The highest BCUT2D eigenvalue weighted by Gasteiger charge is 2.30. The first-order valence-electron chi connectivity index (χ1n) is 9.55. The van der Waals surface area contributed by atoms with Crippen LogP contribution in [0.2, 0.25) is 0 Å². The standard InChI is InChI=1S/C20H30FN3O/c1-16(18-5-7-19(21)8-6-18)15-22-11-13-23(14-12-22)17(2)20(25)24-9-3-4-10-24/h5-8,16-17H,3-4,9-15H2,1-2H3. The van der Waals surface area contributed by atoms with Crippen LogP contribution in [0.25, 0.3) is 0 Å². The summed E-state index contributed by atoms with van der Waals surface area (Å²) >= 11 is 0. The number of likely N-dealkylation sites (tertiary alicyclic amines) is 1. The Morgan fingerprint density at radius 2 is 1.60 bits per heavy atom. The fraction of sp³-hybridized carbons (Fsp3) is 0.650. The summed E-state index contributed by atoms with van der Waals surface area (Å²) in [5.74, 6) is 0.502. The number of hydrogen-bond donors (Lipinski definition) is 0. The molecule has 2 aliphatic heterocycles. The molecule has 2 aliphatic rings. The first-order valence-corrected chi connectivity index (χ1v) is 9.55. The average molecular weight is 347 g/mol. The molecule has 2 atom stereocenters. The summed E-state index contributed by atoms with van der Waals surface area (Å²) in [6, 6.07) is 6.83.